The van der Waals surface area contributed by atoms with Crippen LogP contribution in [0.1, 0.15) is 26.3 Å². The molecule has 1 atom stereocenters. The summed E-state index contributed by atoms with van der Waals surface area (Å²) in [6.07, 6.45) is 2.28. The van der Waals surface area contributed by atoms with Gasteiger partial charge in [-0.2, -0.15) is 0 Å². The Hall–Kier alpha value is -1.90. The summed E-state index contributed by atoms with van der Waals surface area (Å²) in [6.45, 7) is 5.69. The zero-order chi connectivity index (χ0) is 14.0. The average Bonchev–Trinajstić information content (AvgIpc) is 2.38. The fraction of sp³-hybridized carbons (Fsp3) is 0.375. The molecule has 100 valence electrons. The third-order valence-electron chi connectivity index (χ3n) is 3.98. The number of carbonyl (C=O) groups is 1. The summed E-state index contributed by atoms with van der Waals surface area (Å²) in [7, 11) is 0. The Morgan fingerprint density at radius 3 is 2.68 bits per heavy atom. The van der Waals surface area contributed by atoms with E-state index in [1.54, 1.807) is 13.1 Å². The standard InChI is InChI=1S/C16H19NO2/c1-11(2)16(3,15(18)19)9-12-8-13-6-4-5-7-14(13)17-10-12/h4-8,10-11H,9H2,1-3H3,(H,18,19). The first-order chi connectivity index (χ1) is 8.93. The van der Waals surface area contributed by atoms with Crippen LogP contribution in [0.3, 0.4) is 0 Å². The number of nitrogens with zero attached hydrogens (tertiary/aromatic N) is 1. The molecule has 1 N–H and O–H groups in total. The van der Waals surface area contributed by atoms with Gasteiger partial charge < -0.3 is 5.11 Å². The lowest BCUT2D eigenvalue weighted by Gasteiger charge is -2.29. The van der Waals surface area contributed by atoms with Gasteiger partial charge in [-0.25, -0.2) is 0 Å². The number of rotatable bonds is 4. The van der Waals surface area contributed by atoms with Crippen LogP contribution >= 0.6 is 0 Å². The molecule has 2 aromatic rings. The van der Waals surface area contributed by atoms with Crippen molar-refractivity contribution in [2.45, 2.75) is 27.2 Å². The summed E-state index contributed by atoms with van der Waals surface area (Å²) in [4.78, 5) is 15.9. The van der Waals surface area contributed by atoms with E-state index in [4.69, 9.17) is 0 Å². The van der Waals surface area contributed by atoms with Crippen LogP contribution in [0, 0.1) is 11.3 Å². The lowest BCUT2D eigenvalue weighted by molar-refractivity contribution is -0.150. The van der Waals surface area contributed by atoms with Gasteiger partial charge in [0.1, 0.15) is 0 Å². The van der Waals surface area contributed by atoms with Crippen LogP contribution in [0.5, 0.6) is 0 Å². The number of aromatic nitrogens is 1. The first-order valence-corrected chi connectivity index (χ1v) is 6.50. The van der Waals surface area contributed by atoms with Crippen molar-refractivity contribution in [2.75, 3.05) is 0 Å². The van der Waals surface area contributed by atoms with E-state index in [1.165, 1.54) is 0 Å². The normalized spacial score (nSPS) is 14.5. The minimum atomic E-state index is -0.760. The number of pyridine rings is 1. The number of aliphatic carboxylic acids is 1. The lowest BCUT2D eigenvalue weighted by atomic mass is 9.74. The van der Waals surface area contributed by atoms with Gasteiger partial charge in [0, 0.05) is 11.6 Å². The number of carboxylic acid groups (broad SMARTS) is 1. The predicted molar refractivity (Wildman–Crippen MR) is 76.0 cm³/mol. The first-order valence-electron chi connectivity index (χ1n) is 6.50. The molecular formula is C16H19NO2. The maximum Gasteiger partial charge on any atom is 0.309 e. The van der Waals surface area contributed by atoms with Crippen LogP contribution in [0.4, 0.5) is 0 Å². The Morgan fingerprint density at radius 1 is 1.37 bits per heavy atom. The zero-order valence-corrected chi connectivity index (χ0v) is 11.6. The number of hydrogen-bond acceptors (Lipinski definition) is 2. The van der Waals surface area contributed by atoms with Gasteiger partial charge in [0.25, 0.3) is 0 Å². The van der Waals surface area contributed by atoms with Gasteiger partial charge in [0.2, 0.25) is 0 Å². The molecular weight excluding hydrogens is 238 g/mol. The van der Waals surface area contributed by atoms with Crippen LogP contribution in [-0.2, 0) is 11.2 Å². The van der Waals surface area contributed by atoms with Crippen LogP contribution in [0.15, 0.2) is 36.5 Å². The second-order valence-corrected chi connectivity index (χ2v) is 5.59. The molecule has 1 heterocycles. The summed E-state index contributed by atoms with van der Waals surface area (Å²) in [5, 5.41) is 10.5. The summed E-state index contributed by atoms with van der Waals surface area (Å²) >= 11 is 0. The second-order valence-electron chi connectivity index (χ2n) is 5.59. The van der Waals surface area contributed by atoms with Crippen molar-refractivity contribution in [2.24, 2.45) is 11.3 Å². The maximum absolute atomic E-state index is 11.5. The largest absolute Gasteiger partial charge is 0.481 e. The molecule has 1 aromatic heterocycles. The van der Waals surface area contributed by atoms with Crippen molar-refractivity contribution in [1.82, 2.24) is 4.98 Å². The molecule has 0 aliphatic rings. The molecule has 0 amide bonds. The molecule has 0 bridgehead atoms. The van der Waals surface area contributed by atoms with E-state index in [9.17, 15) is 9.90 Å². The summed E-state index contributed by atoms with van der Waals surface area (Å²) < 4.78 is 0. The molecule has 3 heteroatoms. The van der Waals surface area contributed by atoms with E-state index in [0.29, 0.717) is 6.42 Å². The SMILES string of the molecule is CC(C)C(C)(Cc1cnc2ccccc2c1)C(=O)O. The van der Waals surface area contributed by atoms with Crippen LogP contribution in [0.2, 0.25) is 0 Å². The molecule has 2 rings (SSSR count). The summed E-state index contributed by atoms with van der Waals surface area (Å²) in [5.74, 6) is -0.688. The highest BCUT2D eigenvalue weighted by Gasteiger charge is 2.36. The first kappa shape index (κ1) is 13.5. The smallest absolute Gasteiger partial charge is 0.309 e. The maximum atomic E-state index is 11.5. The fourth-order valence-electron chi connectivity index (χ4n) is 2.16. The van der Waals surface area contributed by atoms with Crippen LogP contribution in [-0.4, -0.2) is 16.1 Å². The lowest BCUT2D eigenvalue weighted by Crippen LogP contribution is -2.35. The van der Waals surface area contributed by atoms with Crippen LogP contribution in [0.25, 0.3) is 10.9 Å². The zero-order valence-electron chi connectivity index (χ0n) is 11.6. The van der Waals surface area contributed by atoms with E-state index in [1.807, 2.05) is 44.2 Å². The van der Waals surface area contributed by atoms with Crippen molar-refractivity contribution in [3.63, 3.8) is 0 Å². The average molecular weight is 257 g/mol. The Balaban J connectivity index is 2.37. The molecule has 1 aromatic carbocycles. The number of fused-ring (bicyclic) bond motifs is 1. The Kier molecular flexibility index (Phi) is 3.56. The summed E-state index contributed by atoms with van der Waals surface area (Å²) in [6, 6.07) is 9.90. The summed E-state index contributed by atoms with van der Waals surface area (Å²) in [5.41, 5.74) is 1.15. The monoisotopic (exact) mass is 257 g/mol. The van der Waals surface area contributed by atoms with Gasteiger partial charge in [-0.1, -0.05) is 32.0 Å². The van der Waals surface area contributed by atoms with E-state index in [-0.39, 0.29) is 5.92 Å². The molecule has 0 saturated heterocycles. The quantitative estimate of drug-likeness (QED) is 0.911. The minimum Gasteiger partial charge on any atom is -0.481 e. The third kappa shape index (κ3) is 2.60. The van der Waals surface area contributed by atoms with Gasteiger partial charge >= 0.3 is 5.97 Å². The highest BCUT2D eigenvalue weighted by Crippen LogP contribution is 2.32. The molecule has 0 radical (unpaired) electrons. The number of para-hydroxylation sites is 1. The van der Waals surface area contributed by atoms with Crippen molar-refractivity contribution in [3.05, 3.63) is 42.1 Å². The molecule has 1 unspecified atom stereocenters. The van der Waals surface area contributed by atoms with Crippen LogP contribution < -0.4 is 0 Å². The highest BCUT2D eigenvalue weighted by atomic mass is 16.4. The van der Waals surface area contributed by atoms with Gasteiger partial charge in [0.05, 0.1) is 10.9 Å². The van der Waals surface area contributed by atoms with E-state index in [2.05, 4.69) is 4.98 Å². The van der Waals surface area contributed by atoms with Gasteiger partial charge in [0.15, 0.2) is 0 Å². The molecule has 0 aliphatic carbocycles. The Morgan fingerprint density at radius 2 is 2.05 bits per heavy atom. The molecule has 0 spiro atoms. The predicted octanol–water partition coefficient (Wildman–Crippen LogP) is 3.52. The Labute approximate surface area is 113 Å². The Bertz CT molecular complexity index is 606. The van der Waals surface area contributed by atoms with Crippen molar-refractivity contribution < 1.29 is 9.90 Å². The molecule has 0 saturated carbocycles. The minimum absolute atomic E-state index is 0.0662. The van der Waals surface area contributed by atoms with E-state index >= 15 is 0 Å². The fourth-order valence-corrected chi connectivity index (χ4v) is 2.16. The van der Waals surface area contributed by atoms with Crippen molar-refractivity contribution in [1.29, 1.82) is 0 Å². The van der Waals surface area contributed by atoms with Gasteiger partial charge in [-0.3, -0.25) is 9.78 Å². The number of benzene rings is 1. The number of hydrogen-bond donors (Lipinski definition) is 1. The van der Waals surface area contributed by atoms with E-state index in [0.717, 1.165) is 16.5 Å². The third-order valence-corrected chi connectivity index (χ3v) is 3.98. The second kappa shape index (κ2) is 5.00. The van der Waals surface area contributed by atoms with Crippen molar-refractivity contribution in [3.8, 4) is 0 Å². The van der Waals surface area contributed by atoms with Crippen molar-refractivity contribution >= 4 is 16.9 Å². The van der Waals surface area contributed by atoms with Gasteiger partial charge in [-0.05, 0) is 37.0 Å². The van der Waals surface area contributed by atoms with Gasteiger partial charge in [-0.15, -0.1) is 0 Å². The number of carboxylic acids is 1. The molecule has 3 nitrogen and oxygen atoms in total. The topological polar surface area (TPSA) is 50.2 Å². The molecule has 0 aliphatic heterocycles. The van der Waals surface area contributed by atoms with E-state index < -0.39 is 11.4 Å². The highest BCUT2D eigenvalue weighted by molar-refractivity contribution is 5.79. The molecule has 19 heavy (non-hydrogen) atoms. The molecule has 0 fully saturated rings.